The third-order valence-corrected chi connectivity index (χ3v) is 5.94. The number of aromatic nitrogens is 2. The molecule has 7 nitrogen and oxygen atoms in total. The Labute approximate surface area is 168 Å². The van der Waals surface area contributed by atoms with Crippen LogP contribution in [-0.4, -0.2) is 35.4 Å². The number of rotatable bonds is 6. The zero-order valence-corrected chi connectivity index (χ0v) is 17.1. The normalized spacial score (nSPS) is 10.8. The molecule has 1 amide bonds. The molecular weight excluding hydrogens is 410 g/mol. The molecule has 142 valence electrons. The van der Waals surface area contributed by atoms with Crippen LogP contribution in [0.4, 0.5) is 5.69 Å². The van der Waals surface area contributed by atoms with Gasteiger partial charge in [0.1, 0.15) is 16.2 Å². The molecule has 2 aromatic heterocycles. The van der Waals surface area contributed by atoms with Crippen LogP contribution in [0.25, 0.3) is 10.2 Å². The van der Waals surface area contributed by atoms with Crippen molar-refractivity contribution in [1.82, 2.24) is 9.55 Å². The summed E-state index contributed by atoms with van der Waals surface area (Å²) in [5.41, 5.74) is 0.945. The van der Waals surface area contributed by atoms with Gasteiger partial charge in [-0.1, -0.05) is 23.4 Å². The number of methoxy groups -OCH3 is 2. The van der Waals surface area contributed by atoms with Crippen molar-refractivity contribution in [3.05, 3.63) is 39.0 Å². The number of hydrogen-bond donors (Lipinski definition) is 1. The maximum absolute atomic E-state index is 12.4. The molecule has 0 aliphatic carbocycles. The lowest BCUT2D eigenvalue weighted by Crippen LogP contribution is -2.20. The first-order valence-electron chi connectivity index (χ1n) is 7.73. The van der Waals surface area contributed by atoms with Crippen molar-refractivity contribution < 1.29 is 14.3 Å². The SMILES string of the molecule is COc1cc(OC)c(NC(=O)CSc2nc3ccsc3c(=O)n2C)cc1Cl. The molecule has 0 atom stereocenters. The summed E-state index contributed by atoms with van der Waals surface area (Å²) in [6, 6.07) is 4.95. The summed E-state index contributed by atoms with van der Waals surface area (Å²) in [4.78, 5) is 29.1. The van der Waals surface area contributed by atoms with Gasteiger partial charge in [-0.3, -0.25) is 14.2 Å². The van der Waals surface area contributed by atoms with Gasteiger partial charge in [-0.2, -0.15) is 0 Å². The highest BCUT2D eigenvalue weighted by molar-refractivity contribution is 7.99. The highest BCUT2D eigenvalue weighted by Crippen LogP contribution is 2.36. The van der Waals surface area contributed by atoms with Crippen molar-refractivity contribution >= 4 is 56.5 Å². The Bertz CT molecular complexity index is 1060. The van der Waals surface area contributed by atoms with Crippen molar-refractivity contribution in [2.24, 2.45) is 7.05 Å². The van der Waals surface area contributed by atoms with Gasteiger partial charge >= 0.3 is 0 Å². The standard InChI is InChI=1S/C17H16ClN3O4S2/c1-21-16(23)15-10(4-5-26-15)20-17(21)27-8-14(22)19-11-6-9(18)12(24-2)7-13(11)25-3/h4-7H,8H2,1-3H3,(H,19,22). The molecule has 0 saturated carbocycles. The molecule has 3 rings (SSSR count). The number of hydrogen-bond acceptors (Lipinski definition) is 7. The minimum absolute atomic E-state index is 0.0721. The second kappa shape index (κ2) is 8.20. The Morgan fingerprint density at radius 1 is 1.33 bits per heavy atom. The molecule has 3 aromatic rings. The fraction of sp³-hybridized carbons (Fsp3) is 0.235. The number of carbonyl (C=O) groups excluding carboxylic acids is 1. The number of amides is 1. The highest BCUT2D eigenvalue weighted by Gasteiger charge is 2.15. The van der Waals surface area contributed by atoms with Crippen molar-refractivity contribution in [2.45, 2.75) is 5.16 Å². The highest BCUT2D eigenvalue weighted by atomic mass is 35.5. The minimum Gasteiger partial charge on any atom is -0.495 e. The van der Waals surface area contributed by atoms with E-state index in [9.17, 15) is 9.59 Å². The van der Waals surface area contributed by atoms with Gasteiger partial charge in [-0.05, 0) is 17.5 Å². The van der Waals surface area contributed by atoms with Gasteiger partial charge in [0.15, 0.2) is 5.16 Å². The van der Waals surface area contributed by atoms with Gasteiger partial charge in [-0.25, -0.2) is 4.98 Å². The molecule has 27 heavy (non-hydrogen) atoms. The second-order valence-electron chi connectivity index (χ2n) is 5.42. The van der Waals surface area contributed by atoms with E-state index in [4.69, 9.17) is 21.1 Å². The first kappa shape index (κ1) is 19.5. The van der Waals surface area contributed by atoms with Gasteiger partial charge in [0.25, 0.3) is 5.56 Å². The molecule has 0 unspecified atom stereocenters. The molecule has 0 aliphatic heterocycles. The Kier molecular flexibility index (Phi) is 5.93. The van der Waals surface area contributed by atoms with E-state index in [1.54, 1.807) is 25.2 Å². The fourth-order valence-electron chi connectivity index (χ4n) is 2.37. The van der Waals surface area contributed by atoms with E-state index in [-0.39, 0.29) is 17.2 Å². The van der Waals surface area contributed by atoms with Gasteiger partial charge < -0.3 is 14.8 Å². The smallest absolute Gasteiger partial charge is 0.271 e. The Hall–Kier alpha value is -2.23. The van der Waals surface area contributed by atoms with Gasteiger partial charge in [-0.15, -0.1) is 11.3 Å². The van der Waals surface area contributed by atoms with Crippen LogP contribution in [-0.2, 0) is 11.8 Å². The van der Waals surface area contributed by atoms with E-state index < -0.39 is 0 Å². The molecule has 0 aliphatic rings. The van der Waals surface area contributed by atoms with Crippen LogP contribution in [0.2, 0.25) is 5.02 Å². The van der Waals surface area contributed by atoms with Crippen LogP contribution in [0.3, 0.4) is 0 Å². The average molecular weight is 426 g/mol. The molecule has 0 bridgehead atoms. The van der Waals surface area contributed by atoms with E-state index in [2.05, 4.69) is 10.3 Å². The van der Waals surface area contributed by atoms with Gasteiger partial charge in [0.05, 0.1) is 36.2 Å². The van der Waals surface area contributed by atoms with Crippen LogP contribution in [0, 0.1) is 0 Å². The van der Waals surface area contributed by atoms with Crippen molar-refractivity contribution in [1.29, 1.82) is 0 Å². The monoisotopic (exact) mass is 425 g/mol. The predicted octanol–water partition coefficient (Wildman–Crippen LogP) is 3.40. The largest absolute Gasteiger partial charge is 0.495 e. The molecule has 0 saturated heterocycles. The fourth-order valence-corrected chi connectivity index (χ4v) is 4.19. The third-order valence-electron chi connectivity index (χ3n) is 3.73. The average Bonchev–Trinajstić information content (AvgIpc) is 3.12. The van der Waals surface area contributed by atoms with E-state index in [1.165, 1.54) is 41.9 Å². The molecule has 0 radical (unpaired) electrons. The summed E-state index contributed by atoms with van der Waals surface area (Å²) >= 11 is 8.64. The first-order chi connectivity index (χ1) is 12.9. The summed E-state index contributed by atoms with van der Waals surface area (Å²) in [6.45, 7) is 0. The van der Waals surface area contributed by atoms with Crippen molar-refractivity contribution in [3.63, 3.8) is 0 Å². The number of ether oxygens (including phenoxy) is 2. The van der Waals surface area contributed by atoms with E-state index >= 15 is 0 Å². The number of thioether (sulfide) groups is 1. The lowest BCUT2D eigenvalue weighted by molar-refractivity contribution is -0.113. The summed E-state index contributed by atoms with van der Waals surface area (Å²) in [5.74, 6) is 0.672. The van der Waals surface area contributed by atoms with Gasteiger partial charge in [0, 0.05) is 13.1 Å². The quantitative estimate of drug-likeness (QED) is 0.481. The Balaban J connectivity index is 1.75. The van der Waals surface area contributed by atoms with E-state index in [1.807, 2.05) is 5.38 Å². The number of carbonyl (C=O) groups is 1. The maximum Gasteiger partial charge on any atom is 0.271 e. The summed E-state index contributed by atoms with van der Waals surface area (Å²) in [5, 5.41) is 5.40. The summed E-state index contributed by atoms with van der Waals surface area (Å²) in [6.07, 6.45) is 0. The molecule has 10 heteroatoms. The molecule has 1 aromatic carbocycles. The third kappa shape index (κ3) is 4.05. The predicted molar refractivity (Wildman–Crippen MR) is 109 cm³/mol. The zero-order chi connectivity index (χ0) is 19.6. The number of nitrogens with zero attached hydrogens (tertiary/aromatic N) is 2. The van der Waals surface area contributed by atoms with E-state index in [0.29, 0.717) is 37.6 Å². The van der Waals surface area contributed by atoms with Crippen molar-refractivity contribution in [2.75, 3.05) is 25.3 Å². The number of benzene rings is 1. The van der Waals surface area contributed by atoms with Gasteiger partial charge in [0.2, 0.25) is 5.91 Å². The number of nitrogens with one attached hydrogen (secondary N) is 1. The number of fused-ring (bicyclic) bond motifs is 1. The maximum atomic E-state index is 12.4. The molecule has 1 N–H and O–H groups in total. The lowest BCUT2D eigenvalue weighted by Gasteiger charge is -2.13. The molecular formula is C17H16ClN3O4S2. The minimum atomic E-state index is -0.279. The van der Waals surface area contributed by atoms with Crippen LogP contribution >= 0.6 is 34.7 Å². The lowest BCUT2D eigenvalue weighted by atomic mass is 10.2. The van der Waals surface area contributed by atoms with Crippen LogP contribution < -0.4 is 20.3 Å². The number of halogens is 1. The van der Waals surface area contributed by atoms with Crippen molar-refractivity contribution in [3.8, 4) is 11.5 Å². The molecule has 2 heterocycles. The summed E-state index contributed by atoms with van der Waals surface area (Å²) < 4.78 is 12.4. The number of thiophene rings is 1. The molecule has 0 fully saturated rings. The first-order valence-corrected chi connectivity index (χ1v) is 9.97. The Morgan fingerprint density at radius 2 is 2.07 bits per heavy atom. The topological polar surface area (TPSA) is 82.5 Å². The molecule has 0 spiro atoms. The van der Waals surface area contributed by atoms with Crippen LogP contribution in [0.1, 0.15) is 0 Å². The van der Waals surface area contributed by atoms with E-state index in [0.717, 1.165) is 0 Å². The zero-order valence-electron chi connectivity index (χ0n) is 14.7. The summed E-state index contributed by atoms with van der Waals surface area (Å²) in [7, 11) is 4.63. The van der Waals surface area contributed by atoms with Crippen LogP contribution in [0.5, 0.6) is 11.5 Å². The number of anilines is 1. The second-order valence-corrected chi connectivity index (χ2v) is 7.68. The van der Waals surface area contributed by atoms with Crippen LogP contribution in [0.15, 0.2) is 33.5 Å². The Morgan fingerprint density at radius 3 is 2.78 bits per heavy atom.